The smallest absolute Gasteiger partial charge is 0.227 e. The number of amides is 1. The maximum atomic E-state index is 12.6. The molecular formula is C21H43NO. The average molecular weight is 326 g/mol. The Morgan fingerprint density at radius 3 is 1.35 bits per heavy atom. The van der Waals surface area contributed by atoms with Gasteiger partial charge in [-0.15, -0.1) is 0 Å². The summed E-state index contributed by atoms with van der Waals surface area (Å²) in [6.45, 7) is 12.6. The van der Waals surface area contributed by atoms with Gasteiger partial charge < -0.3 is 4.90 Å². The standard InChI is InChI=1S/C21H43NO/c1-6-8-10-12-14-16-18-22(20(23)21(3,4)5)19-17-15-13-11-9-7-2/h6-19H2,1-5H3. The highest BCUT2D eigenvalue weighted by Crippen LogP contribution is 2.19. The normalized spacial score (nSPS) is 11.7. The van der Waals surface area contributed by atoms with Crippen molar-refractivity contribution >= 4 is 5.91 Å². The van der Waals surface area contributed by atoms with Gasteiger partial charge in [-0.1, -0.05) is 98.8 Å². The zero-order chi connectivity index (χ0) is 17.6. The van der Waals surface area contributed by atoms with Crippen LogP contribution < -0.4 is 0 Å². The largest absolute Gasteiger partial charge is 0.342 e. The zero-order valence-corrected chi connectivity index (χ0v) is 16.8. The second kappa shape index (κ2) is 13.9. The predicted molar refractivity (Wildman–Crippen MR) is 103 cm³/mol. The minimum Gasteiger partial charge on any atom is -0.342 e. The van der Waals surface area contributed by atoms with Crippen LogP contribution in [-0.4, -0.2) is 23.9 Å². The number of carbonyl (C=O) groups excluding carboxylic acids is 1. The van der Waals surface area contributed by atoms with Gasteiger partial charge in [0.15, 0.2) is 0 Å². The van der Waals surface area contributed by atoms with E-state index >= 15 is 0 Å². The molecule has 0 aliphatic rings. The summed E-state index contributed by atoms with van der Waals surface area (Å²) >= 11 is 0. The minimum absolute atomic E-state index is 0.246. The molecule has 1 amide bonds. The van der Waals surface area contributed by atoms with Crippen LogP contribution in [0.3, 0.4) is 0 Å². The Balaban J connectivity index is 4.07. The first-order chi connectivity index (χ1) is 10.9. The molecule has 0 spiro atoms. The van der Waals surface area contributed by atoms with Crippen molar-refractivity contribution in [1.29, 1.82) is 0 Å². The quantitative estimate of drug-likeness (QED) is 0.330. The third-order valence-corrected chi connectivity index (χ3v) is 4.49. The molecule has 0 aliphatic carbocycles. The second-order valence-corrected chi connectivity index (χ2v) is 8.08. The Morgan fingerprint density at radius 1 is 0.652 bits per heavy atom. The van der Waals surface area contributed by atoms with Crippen molar-refractivity contribution in [2.45, 2.75) is 112 Å². The van der Waals surface area contributed by atoms with E-state index in [-0.39, 0.29) is 5.41 Å². The van der Waals surface area contributed by atoms with Gasteiger partial charge in [-0.05, 0) is 12.8 Å². The lowest BCUT2D eigenvalue weighted by Crippen LogP contribution is -2.40. The van der Waals surface area contributed by atoms with Gasteiger partial charge in [-0.2, -0.15) is 0 Å². The highest BCUT2D eigenvalue weighted by Gasteiger charge is 2.26. The van der Waals surface area contributed by atoms with Crippen molar-refractivity contribution in [2.75, 3.05) is 13.1 Å². The Hall–Kier alpha value is -0.530. The number of hydrogen-bond acceptors (Lipinski definition) is 1. The molecule has 0 radical (unpaired) electrons. The fraction of sp³-hybridized carbons (Fsp3) is 0.952. The van der Waals surface area contributed by atoms with E-state index in [2.05, 4.69) is 18.7 Å². The summed E-state index contributed by atoms with van der Waals surface area (Å²) in [5, 5.41) is 0. The summed E-state index contributed by atoms with van der Waals surface area (Å²) in [5.41, 5.74) is -0.246. The van der Waals surface area contributed by atoms with Gasteiger partial charge in [0.25, 0.3) is 0 Å². The fourth-order valence-electron chi connectivity index (χ4n) is 2.96. The van der Waals surface area contributed by atoms with Crippen molar-refractivity contribution in [2.24, 2.45) is 5.41 Å². The molecule has 2 heteroatoms. The summed E-state index contributed by atoms with van der Waals surface area (Å²) in [6.07, 6.45) is 15.5. The minimum atomic E-state index is -0.246. The Morgan fingerprint density at radius 2 is 1.00 bits per heavy atom. The van der Waals surface area contributed by atoms with E-state index in [0.29, 0.717) is 5.91 Å². The van der Waals surface area contributed by atoms with Crippen LogP contribution >= 0.6 is 0 Å². The van der Waals surface area contributed by atoms with Gasteiger partial charge in [0.2, 0.25) is 5.91 Å². The van der Waals surface area contributed by atoms with E-state index in [1.807, 2.05) is 20.8 Å². The van der Waals surface area contributed by atoms with Crippen molar-refractivity contribution in [1.82, 2.24) is 4.90 Å². The van der Waals surface area contributed by atoms with E-state index in [1.54, 1.807) is 0 Å². The summed E-state index contributed by atoms with van der Waals surface area (Å²) in [7, 11) is 0. The van der Waals surface area contributed by atoms with Gasteiger partial charge in [0, 0.05) is 18.5 Å². The summed E-state index contributed by atoms with van der Waals surface area (Å²) in [4.78, 5) is 14.8. The van der Waals surface area contributed by atoms with Gasteiger partial charge in [-0.3, -0.25) is 4.79 Å². The molecule has 0 aromatic heterocycles. The molecule has 0 fully saturated rings. The van der Waals surface area contributed by atoms with Gasteiger partial charge in [-0.25, -0.2) is 0 Å². The Labute approximate surface area is 146 Å². The molecule has 0 unspecified atom stereocenters. The van der Waals surface area contributed by atoms with Gasteiger partial charge in [0.05, 0.1) is 0 Å². The molecule has 2 nitrogen and oxygen atoms in total. The van der Waals surface area contributed by atoms with Crippen molar-refractivity contribution in [3.8, 4) is 0 Å². The van der Waals surface area contributed by atoms with Crippen LogP contribution in [0.2, 0.25) is 0 Å². The SMILES string of the molecule is CCCCCCCCN(CCCCCCCC)C(=O)C(C)(C)C. The van der Waals surface area contributed by atoms with Crippen molar-refractivity contribution in [3.63, 3.8) is 0 Å². The molecule has 0 heterocycles. The monoisotopic (exact) mass is 325 g/mol. The number of carbonyl (C=O) groups is 1. The van der Waals surface area contributed by atoms with E-state index in [0.717, 1.165) is 13.1 Å². The lowest BCUT2D eigenvalue weighted by molar-refractivity contribution is -0.139. The van der Waals surface area contributed by atoms with Crippen molar-refractivity contribution < 1.29 is 4.79 Å². The van der Waals surface area contributed by atoms with E-state index < -0.39 is 0 Å². The first kappa shape index (κ1) is 22.5. The molecule has 0 aromatic carbocycles. The third kappa shape index (κ3) is 12.5. The molecule has 23 heavy (non-hydrogen) atoms. The molecule has 138 valence electrons. The lowest BCUT2D eigenvalue weighted by Gasteiger charge is -2.29. The highest BCUT2D eigenvalue weighted by atomic mass is 16.2. The summed E-state index contributed by atoms with van der Waals surface area (Å²) < 4.78 is 0. The molecule has 0 N–H and O–H groups in total. The van der Waals surface area contributed by atoms with Gasteiger partial charge in [0.1, 0.15) is 0 Å². The summed E-state index contributed by atoms with van der Waals surface area (Å²) in [6, 6.07) is 0. The highest BCUT2D eigenvalue weighted by molar-refractivity contribution is 5.81. The molecule has 0 bridgehead atoms. The number of rotatable bonds is 14. The fourth-order valence-corrected chi connectivity index (χ4v) is 2.96. The topological polar surface area (TPSA) is 20.3 Å². The predicted octanol–water partition coefficient (Wildman–Crippen LogP) is 6.58. The van der Waals surface area contributed by atoms with Gasteiger partial charge >= 0.3 is 0 Å². The molecule has 0 saturated heterocycles. The van der Waals surface area contributed by atoms with Crippen LogP contribution in [0.25, 0.3) is 0 Å². The van der Waals surface area contributed by atoms with E-state index in [4.69, 9.17) is 0 Å². The maximum absolute atomic E-state index is 12.6. The van der Waals surface area contributed by atoms with Crippen LogP contribution in [0.5, 0.6) is 0 Å². The molecule has 0 aromatic rings. The zero-order valence-electron chi connectivity index (χ0n) is 16.8. The molecular weight excluding hydrogens is 282 g/mol. The van der Waals surface area contributed by atoms with E-state index in [9.17, 15) is 4.79 Å². The second-order valence-electron chi connectivity index (χ2n) is 8.08. The number of hydrogen-bond donors (Lipinski definition) is 0. The first-order valence-electron chi connectivity index (χ1n) is 10.2. The van der Waals surface area contributed by atoms with E-state index in [1.165, 1.54) is 77.0 Å². The first-order valence-corrected chi connectivity index (χ1v) is 10.2. The van der Waals surface area contributed by atoms with Crippen LogP contribution in [0.1, 0.15) is 112 Å². The lowest BCUT2D eigenvalue weighted by atomic mass is 9.94. The average Bonchev–Trinajstić information content (AvgIpc) is 2.50. The maximum Gasteiger partial charge on any atom is 0.227 e. The molecule has 0 aliphatic heterocycles. The number of unbranched alkanes of at least 4 members (excludes halogenated alkanes) is 10. The molecule has 0 atom stereocenters. The molecule has 0 saturated carbocycles. The number of nitrogens with zero attached hydrogens (tertiary/aromatic N) is 1. The Kier molecular flexibility index (Phi) is 13.5. The summed E-state index contributed by atoms with van der Waals surface area (Å²) in [5.74, 6) is 0.333. The Bertz CT molecular complexity index is 264. The third-order valence-electron chi connectivity index (χ3n) is 4.49. The van der Waals surface area contributed by atoms with Crippen LogP contribution in [-0.2, 0) is 4.79 Å². The molecule has 0 rings (SSSR count). The van der Waals surface area contributed by atoms with Crippen LogP contribution in [0.4, 0.5) is 0 Å². The van der Waals surface area contributed by atoms with Crippen molar-refractivity contribution in [3.05, 3.63) is 0 Å². The van der Waals surface area contributed by atoms with Crippen LogP contribution in [0.15, 0.2) is 0 Å². The van der Waals surface area contributed by atoms with Crippen LogP contribution in [0, 0.1) is 5.41 Å².